The minimum Gasteiger partial charge on any atom is -0.493 e. The largest absolute Gasteiger partial charge is 0.493 e. The Bertz CT molecular complexity index is 1320. The first kappa shape index (κ1) is 17.9. The Morgan fingerprint density at radius 3 is 2.75 bits per heavy atom. The van der Waals surface area contributed by atoms with Gasteiger partial charge >= 0.3 is 5.97 Å². The lowest BCUT2D eigenvalue weighted by molar-refractivity contribution is -0.112. The van der Waals surface area contributed by atoms with Crippen molar-refractivity contribution < 1.29 is 19.8 Å². The van der Waals surface area contributed by atoms with Crippen molar-refractivity contribution in [3.05, 3.63) is 74.3 Å². The number of carbonyl (C=O) groups is 2. The van der Waals surface area contributed by atoms with Crippen molar-refractivity contribution in [1.82, 2.24) is 4.57 Å². The Kier molecular flexibility index (Phi) is 4.40. The predicted molar refractivity (Wildman–Crippen MR) is 103 cm³/mol. The fourth-order valence-corrected chi connectivity index (χ4v) is 4.20. The summed E-state index contributed by atoms with van der Waals surface area (Å²) >= 11 is 1.17. The molecule has 2 N–H and O–H groups in total. The number of carbonyl (C=O) groups excluding carboxylic acids is 1. The van der Waals surface area contributed by atoms with Gasteiger partial charge in [-0.1, -0.05) is 35.6 Å². The first-order valence-electron chi connectivity index (χ1n) is 8.53. The summed E-state index contributed by atoms with van der Waals surface area (Å²) in [6, 6.07) is 13.4. The molecule has 140 valence electrons. The van der Waals surface area contributed by atoms with Crippen molar-refractivity contribution in [3.63, 3.8) is 0 Å². The standard InChI is InChI=1S/C20H15N3O4S/c1-2-23-18(25)16(15-13-8-3-4-9-14(13)22-17(15)24)28-20(23)21-12-7-5-6-11(10-12)19(26)27/h3-10,25H,2H2,1H3,(H,26,27). The van der Waals surface area contributed by atoms with E-state index in [1.54, 1.807) is 34.9 Å². The van der Waals surface area contributed by atoms with Gasteiger partial charge in [-0.2, -0.15) is 0 Å². The second-order valence-corrected chi connectivity index (χ2v) is 7.04. The van der Waals surface area contributed by atoms with Crippen LogP contribution in [0.1, 0.15) is 22.2 Å². The summed E-state index contributed by atoms with van der Waals surface area (Å²) in [6.07, 6.45) is 0. The van der Waals surface area contributed by atoms with Gasteiger partial charge in [0.25, 0.3) is 5.91 Å². The molecule has 0 fully saturated rings. The summed E-state index contributed by atoms with van der Waals surface area (Å²) in [6.45, 7) is 2.28. The van der Waals surface area contributed by atoms with E-state index in [1.165, 1.54) is 23.5 Å². The molecule has 0 spiro atoms. The third-order valence-electron chi connectivity index (χ3n) is 4.35. The van der Waals surface area contributed by atoms with Crippen molar-refractivity contribution in [2.24, 2.45) is 9.98 Å². The number of fused-ring (bicyclic) bond motifs is 1. The SMILES string of the molecule is CCn1c(O)c(C2=c3ccccc3=NC2=O)sc1=Nc1cccc(C(=O)O)c1. The van der Waals surface area contributed by atoms with Crippen LogP contribution in [-0.2, 0) is 11.3 Å². The minimum atomic E-state index is -1.04. The van der Waals surface area contributed by atoms with Gasteiger partial charge in [0.2, 0.25) is 5.88 Å². The zero-order valence-corrected chi connectivity index (χ0v) is 15.6. The maximum absolute atomic E-state index is 12.5. The molecule has 1 aliphatic heterocycles. The fourth-order valence-electron chi connectivity index (χ4n) is 3.04. The molecule has 1 aliphatic rings. The van der Waals surface area contributed by atoms with E-state index in [4.69, 9.17) is 5.11 Å². The van der Waals surface area contributed by atoms with E-state index in [0.717, 1.165) is 0 Å². The second-order valence-electron chi connectivity index (χ2n) is 6.06. The van der Waals surface area contributed by atoms with Crippen molar-refractivity contribution >= 4 is 34.5 Å². The highest BCUT2D eigenvalue weighted by Crippen LogP contribution is 2.28. The molecular formula is C20H15N3O4S. The number of carboxylic acid groups (broad SMARTS) is 1. The van der Waals surface area contributed by atoms with Crippen molar-refractivity contribution in [2.45, 2.75) is 13.5 Å². The quantitative estimate of drug-likeness (QED) is 0.702. The van der Waals surface area contributed by atoms with Crippen LogP contribution in [0.2, 0.25) is 0 Å². The number of aromatic carboxylic acids is 1. The van der Waals surface area contributed by atoms with Crippen LogP contribution in [-0.4, -0.2) is 26.7 Å². The first-order chi connectivity index (χ1) is 13.5. The maximum Gasteiger partial charge on any atom is 0.335 e. The molecule has 0 aliphatic carbocycles. The number of amides is 1. The van der Waals surface area contributed by atoms with Gasteiger partial charge in [0.15, 0.2) is 4.80 Å². The molecule has 0 saturated carbocycles. The fraction of sp³-hybridized carbons (Fsp3) is 0.100. The predicted octanol–water partition coefficient (Wildman–Crippen LogP) is 1.56. The number of nitrogens with zero attached hydrogens (tertiary/aromatic N) is 3. The molecule has 0 saturated heterocycles. The summed E-state index contributed by atoms with van der Waals surface area (Å²) in [7, 11) is 0. The molecular weight excluding hydrogens is 378 g/mol. The van der Waals surface area contributed by atoms with E-state index in [0.29, 0.717) is 38.1 Å². The van der Waals surface area contributed by atoms with Crippen LogP contribution >= 0.6 is 11.3 Å². The zero-order valence-electron chi connectivity index (χ0n) is 14.8. The number of aromatic nitrogens is 1. The van der Waals surface area contributed by atoms with Gasteiger partial charge in [-0.05, 0) is 31.2 Å². The molecule has 3 aromatic rings. The van der Waals surface area contributed by atoms with Crippen molar-refractivity contribution in [1.29, 1.82) is 0 Å². The summed E-state index contributed by atoms with van der Waals surface area (Å²) in [5.41, 5.74) is 0.919. The number of rotatable bonds is 4. The van der Waals surface area contributed by atoms with Crippen LogP contribution in [0.5, 0.6) is 5.88 Å². The lowest BCUT2D eigenvalue weighted by atomic mass is 10.1. The van der Waals surface area contributed by atoms with Crippen LogP contribution in [0.25, 0.3) is 5.57 Å². The van der Waals surface area contributed by atoms with E-state index < -0.39 is 11.9 Å². The van der Waals surface area contributed by atoms with Crippen LogP contribution in [0.3, 0.4) is 0 Å². The van der Waals surface area contributed by atoms with E-state index >= 15 is 0 Å². The third kappa shape index (κ3) is 2.93. The number of para-hydroxylation sites is 1. The van der Waals surface area contributed by atoms with Crippen LogP contribution in [0.15, 0.2) is 58.5 Å². The number of hydrogen-bond acceptors (Lipinski definition) is 5. The van der Waals surface area contributed by atoms with Gasteiger partial charge < -0.3 is 10.2 Å². The smallest absolute Gasteiger partial charge is 0.335 e. The number of hydrogen-bond donors (Lipinski definition) is 2. The van der Waals surface area contributed by atoms with E-state index in [1.807, 2.05) is 13.0 Å². The van der Waals surface area contributed by atoms with Crippen molar-refractivity contribution in [2.75, 3.05) is 0 Å². The summed E-state index contributed by atoms with van der Waals surface area (Å²) in [5, 5.41) is 21.1. The lowest BCUT2D eigenvalue weighted by Crippen LogP contribution is -2.22. The van der Waals surface area contributed by atoms with Crippen LogP contribution in [0, 0.1) is 0 Å². The third-order valence-corrected chi connectivity index (χ3v) is 5.44. The summed E-state index contributed by atoms with van der Waals surface area (Å²) in [4.78, 5) is 33.0. The van der Waals surface area contributed by atoms with E-state index in [-0.39, 0.29) is 11.4 Å². The Balaban J connectivity index is 1.94. The molecule has 8 heteroatoms. The Morgan fingerprint density at radius 2 is 2.00 bits per heavy atom. The molecule has 2 heterocycles. The average Bonchev–Trinajstić information content (AvgIpc) is 3.17. The van der Waals surface area contributed by atoms with Crippen LogP contribution in [0.4, 0.5) is 5.69 Å². The molecule has 0 atom stereocenters. The molecule has 7 nitrogen and oxygen atoms in total. The van der Waals surface area contributed by atoms with E-state index in [2.05, 4.69) is 9.98 Å². The Morgan fingerprint density at radius 1 is 1.21 bits per heavy atom. The average molecular weight is 393 g/mol. The number of benzene rings is 2. The number of carboxylic acids is 1. The molecule has 0 radical (unpaired) electrons. The van der Waals surface area contributed by atoms with Crippen LogP contribution < -0.4 is 15.4 Å². The molecule has 4 rings (SSSR count). The molecule has 0 bridgehead atoms. The highest BCUT2D eigenvalue weighted by molar-refractivity contribution is 7.11. The number of aromatic hydroxyl groups is 1. The molecule has 1 amide bonds. The first-order valence-corrected chi connectivity index (χ1v) is 9.34. The van der Waals surface area contributed by atoms with Gasteiger partial charge in [0, 0.05) is 11.8 Å². The van der Waals surface area contributed by atoms with Gasteiger partial charge in [-0.3, -0.25) is 9.36 Å². The molecule has 2 aromatic carbocycles. The lowest BCUT2D eigenvalue weighted by Gasteiger charge is -2.02. The number of thiazole rings is 1. The van der Waals surface area contributed by atoms with Gasteiger partial charge in [-0.15, -0.1) is 0 Å². The van der Waals surface area contributed by atoms with Gasteiger partial charge in [0.1, 0.15) is 4.88 Å². The minimum absolute atomic E-state index is 0.0594. The monoisotopic (exact) mass is 393 g/mol. The molecule has 1 aromatic heterocycles. The van der Waals surface area contributed by atoms with Crippen molar-refractivity contribution in [3.8, 4) is 5.88 Å². The van der Waals surface area contributed by atoms with Gasteiger partial charge in [-0.25, -0.2) is 14.8 Å². The zero-order chi connectivity index (χ0) is 19.8. The van der Waals surface area contributed by atoms with E-state index in [9.17, 15) is 14.7 Å². The highest BCUT2D eigenvalue weighted by Gasteiger charge is 2.25. The topological polar surface area (TPSA) is 104 Å². The maximum atomic E-state index is 12.5. The molecule has 28 heavy (non-hydrogen) atoms. The summed E-state index contributed by atoms with van der Waals surface area (Å²) in [5.74, 6) is -1.50. The van der Waals surface area contributed by atoms with Gasteiger partial charge in [0.05, 0.1) is 22.2 Å². The summed E-state index contributed by atoms with van der Waals surface area (Å²) < 4.78 is 1.58. The highest BCUT2D eigenvalue weighted by atomic mass is 32.1. The Hall–Kier alpha value is -3.52. The Labute approximate surface area is 162 Å². The normalized spacial score (nSPS) is 13.5. The molecule has 0 unspecified atom stereocenters. The second kappa shape index (κ2) is 6.90.